The second kappa shape index (κ2) is 6.84. The molecule has 1 saturated heterocycles. The van der Waals surface area contributed by atoms with Gasteiger partial charge in [0.05, 0.1) is 42.9 Å². The Morgan fingerprint density at radius 2 is 1.97 bits per heavy atom. The fourth-order valence-electron chi connectivity index (χ4n) is 3.95. The molecule has 11 heteroatoms. The summed E-state index contributed by atoms with van der Waals surface area (Å²) in [6.07, 6.45) is 1.30. The Hall–Kier alpha value is -3.34. The molecule has 9 nitrogen and oxygen atoms in total. The summed E-state index contributed by atoms with van der Waals surface area (Å²) < 4.78 is 34.5. The molecule has 6 rings (SSSR count). The van der Waals surface area contributed by atoms with Crippen LogP contribution in [0, 0.1) is 0 Å². The van der Waals surface area contributed by atoms with Crippen LogP contribution in [-0.4, -0.2) is 61.8 Å². The van der Waals surface area contributed by atoms with E-state index in [1.807, 2.05) is 29.2 Å². The smallest absolute Gasteiger partial charge is 0.256 e. The summed E-state index contributed by atoms with van der Waals surface area (Å²) in [5.41, 5.74) is 2.68. The molecule has 0 radical (unpaired) electrons. The van der Waals surface area contributed by atoms with Crippen molar-refractivity contribution >= 4 is 28.6 Å². The zero-order valence-corrected chi connectivity index (χ0v) is 16.6. The molecule has 3 aromatic heterocycles. The van der Waals surface area contributed by atoms with Crippen LogP contribution in [0.5, 0.6) is 0 Å². The number of aromatic nitrogens is 6. The number of nitrogens with zero attached hydrogens (tertiary/aromatic N) is 6. The Kier molecular flexibility index (Phi) is 4.07. The van der Waals surface area contributed by atoms with E-state index in [-0.39, 0.29) is 6.42 Å². The van der Waals surface area contributed by atoms with E-state index < -0.39 is 11.8 Å². The highest BCUT2D eigenvalue weighted by molar-refractivity contribution is 5.74. The molecule has 1 saturated carbocycles. The van der Waals surface area contributed by atoms with E-state index >= 15 is 0 Å². The average molecular weight is 426 g/mol. The van der Waals surface area contributed by atoms with Gasteiger partial charge in [0.15, 0.2) is 5.65 Å². The van der Waals surface area contributed by atoms with Crippen molar-refractivity contribution in [3.63, 3.8) is 0 Å². The fraction of sp³-hybridized carbons (Fsp3) is 0.400. The van der Waals surface area contributed by atoms with Gasteiger partial charge in [0.25, 0.3) is 5.92 Å². The standard InChI is InChI=1S/C20H20F2N8O/c21-20(22)9-13(20)12-10-24-30-17(12)27-19(29-5-7-31-8-6-29)28-18(30)23-11-16-25-14-3-1-2-4-15(14)26-16/h1-4,10,13H,5-9,11H2,(H,25,26)(H,23,27,28)/t13-/m0/s1. The number of aromatic amines is 1. The highest BCUT2D eigenvalue weighted by Gasteiger charge is 2.59. The molecule has 1 aliphatic carbocycles. The van der Waals surface area contributed by atoms with Crippen LogP contribution in [0.1, 0.15) is 23.7 Å². The Bertz CT molecular complexity index is 1230. The molecule has 31 heavy (non-hydrogen) atoms. The van der Waals surface area contributed by atoms with E-state index in [1.165, 1.54) is 10.7 Å². The number of H-pyrrole nitrogens is 1. The summed E-state index contributed by atoms with van der Waals surface area (Å²) in [6.45, 7) is 2.80. The number of para-hydroxylation sites is 2. The number of rotatable bonds is 5. The van der Waals surface area contributed by atoms with Crippen LogP contribution in [-0.2, 0) is 11.3 Å². The van der Waals surface area contributed by atoms with E-state index in [2.05, 4.69) is 30.4 Å². The van der Waals surface area contributed by atoms with Gasteiger partial charge in [-0.05, 0) is 12.1 Å². The normalized spacial score (nSPS) is 20.5. The molecule has 2 aliphatic rings. The Morgan fingerprint density at radius 3 is 2.74 bits per heavy atom. The minimum Gasteiger partial charge on any atom is -0.378 e. The van der Waals surface area contributed by atoms with Gasteiger partial charge in [0.1, 0.15) is 5.82 Å². The maximum absolute atomic E-state index is 13.8. The molecule has 0 spiro atoms. The van der Waals surface area contributed by atoms with Crippen LogP contribution >= 0.6 is 0 Å². The molecule has 4 aromatic rings. The number of nitrogens with one attached hydrogen (secondary N) is 2. The molecule has 4 heterocycles. The van der Waals surface area contributed by atoms with Crippen molar-refractivity contribution in [2.45, 2.75) is 24.8 Å². The van der Waals surface area contributed by atoms with Gasteiger partial charge in [-0.2, -0.15) is 19.6 Å². The summed E-state index contributed by atoms with van der Waals surface area (Å²) in [5, 5.41) is 7.56. The lowest BCUT2D eigenvalue weighted by atomic mass is 10.2. The molecule has 2 fully saturated rings. The van der Waals surface area contributed by atoms with Crippen LogP contribution in [0.15, 0.2) is 30.5 Å². The first-order valence-corrected chi connectivity index (χ1v) is 10.2. The van der Waals surface area contributed by atoms with E-state index in [0.717, 1.165) is 16.9 Å². The number of imidazole rings is 1. The maximum Gasteiger partial charge on any atom is 0.256 e. The molecule has 1 atom stereocenters. The third-order valence-corrected chi connectivity index (χ3v) is 5.73. The number of fused-ring (bicyclic) bond motifs is 2. The van der Waals surface area contributed by atoms with Crippen LogP contribution in [0.25, 0.3) is 16.7 Å². The van der Waals surface area contributed by atoms with Gasteiger partial charge in [0.2, 0.25) is 11.9 Å². The number of hydrogen-bond acceptors (Lipinski definition) is 7. The first-order valence-electron chi connectivity index (χ1n) is 10.2. The quantitative estimate of drug-likeness (QED) is 0.506. The van der Waals surface area contributed by atoms with E-state index in [9.17, 15) is 8.78 Å². The molecule has 2 N–H and O–H groups in total. The summed E-state index contributed by atoms with van der Waals surface area (Å²) >= 11 is 0. The van der Waals surface area contributed by atoms with Gasteiger partial charge in [-0.25, -0.2) is 13.8 Å². The van der Waals surface area contributed by atoms with E-state index in [0.29, 0.717) is 56.0 Å². The van der Waals surface area contributed by atoms with Crippen LogP contribution in [0.2, 0.25) is 0 Å². The van der Waals surface area contributed by atoms with Crippen molar-refractivity contribution in [2.75, 3.05) is 36.5 Å². The maximum atomic E-state index is 13.8. The molecule has 160 valence electrons. The van der Waals surface area contributed by atoms with Crippen molar-refractivity contribution in [3.05, 3.63) is 41.9 Å². The number of anilines is 2. The van der Waals surface area contributed by atoms with Gasteiger partial charge in [-0.1, -0.05) is 12.1 Å². The van der Waals surface area contributed by atoms with Crippen molar-refractivity contribution in [3.8, 4) is 0 Å². The highest BCUT2D eigenvalue weighted by Crippen LogP contribution is 2.56. The SMILES string of the molecule is FC1(F)C[C@H]1c1cnn2c(NCc3nc4ccccc4[nH]3)nc(N3CCOCC3)nc12. The van der Waals surface area contributed by atoms with Crippen molar-refractivity contribution < 1.29 is 13.5 Å². The Morgan fingerprint density at radius 1 is 1.16 bits per heavy atom. The molecule has 0 bridgehead atoms. The Labute approximate surface area is 175 Å². The summed E-state index contributed by atoms with van der Waals surface area (Å²) in [7, 11) is 0. The Balaban J connectivity index is 1.37. The summed E-state index contributed by atoms with van der Waals surface area (Å²) in [6, 6.07) is 7.77. The second-order valence-corrected chi connectivity index (χ2v) is 7.85. The number of halogens is 2. The van der Waals surface area contributed by atoms with Crippen molar-refractivity contribution in [2.24, 2.45) is 0 Å². The van der Waals surface area contributed by atoms with Gasteiger partial charge < -0.3 is 19.9 Å². The van der Waals surface area contributed by atoms with Gasteiger partial charge in [-0.15, -0.1) is 0 Å². The van der Waals surface area contributed by atoms with Crippen molar-refractivity contribution in [1.82, 2.24) is 29.5 Å². The summed E-state index contributed by atoms with van der Waals surface area (Å²) in [5.74, 6) is -1.89. The zero-order chi connectivity index (χ0) is 21.0. The lowest BCUT2D eigenvalue weighted by molar-refractivity contribution is 0.112. The second-order valence-electron chi connectivity index (χ2n) is 7.85. The molecule has 0 unspecified atom stereocenters. The zero-order valence-electron chi connectivity index (χ0n) is 16.6. The lowest BCUT2D eigenvalue weighted by Crippen LogP contribution is -2.37. The highest BCUT2D eigenvalue weighted by atomic mass is 19.3. The summed E-state index contributed by atoms with van der Waals surface area (Å²) in [4.78, 5) is 19.1. The number of alkyl halides is 2. The van der Waals surface area contributed by atoms with Crippen LogP contribution in [0.4, 0.5) is 20.7 Å². The molecular formula is C20H20F2N8O. The fourth-order valence-corrected chi connectivity index (χ4v) is 3.95. The van der Waals surface area contributed by atoms with Gasteiger partial charge in [0, 0.05) is 25.1 Å². The average Bonchev–Trinajstić information content (AvgIpc) is 3.12. The predicted molar refractivity (Wildman–Crippen MR) is 110 cm³/mol. The molecule has 0 amide bonds. The third kappa shape index (κ3) is 3.25. The topological polar surface area (TPSA) is 96.3 Å². The third-order valence-electron chi connectivity index (χ3n) is 5.73. The minimum atomic E-state index is -2.70. The lowest BCUT2D eigenvalue weighted by Gasteiger charge is -2.27. The monoisotopic (exact) mass is 426 g/mol. The number of benzene rings is 1. The van der Waals surface area contributed by atoms with Crippen LogP contribution in [0.3, 0.4) is 0 Å². The molecular weight excluding hydrogens is 406 g/mol. The number of ether oxygens (including phenoxy) is 1. The molecule has 1 aromatic carbocycles. The number of morpholine rings is 1. The largest absolute Gasteiger partial charge is 0.378 e. The first kappa shape index (κ1) is 18.4. The van der Waals surface area contributed by atoms with Crippen LogP contribution < -0.4 is 10.2 Å². The molecule has 1 aliphatic heterocycles. The minimum absolute atomic E-state index is 0.174. The van der Waals surface area contributed by atoms with Gasteiger partial charge in [-0.3, -0.25) is 0 Å². The van der Waals surface area contributed by atoms with Gasteiger partial charge >= 0.3 is 0 Å². The number of hydrogen-bond donors (Lipinski definition) is 2. The van der Waals surface area contributed by atoms with E-state index in [1.54, 1.807) is 0 Å². The predicted octanol–water partition coefficient (Wildman–Crippen LogP) is 2.57. The van der Waals surface area contributed by atoms with E-state index in [4.69, 9.17) is 4.74 Å². The van der Waals surface area contributed by atoms with Crippen molar-refractivity contribution in [1.29, 1.82) is 0 Å². The first-order chi connectivity index (χ1) is 15.1.